The van der Waals surface area contributed by atoms with Crippen molar-refractivity contribution in [3.05, 3.63) is 65.5 Å². The average Bonchev–Trinajstić information content (AvgIpc) is 3.19. The highest BCUT2D eigenvalue weighted by Crippen LogP contribution is 2.51. The van der Waals surface area contributed by atoms with Crippen LogP contribution in [0.4, 0.5) is 4.39 Å². The molecular formula is C22H26FNO2. The molecule has 0 saturated carbocycles. The lowest BCUT2D eigenvalue weighted by molar-refractivity contribution is 0.0748. The molecule has 138 valence electrons. The Hall–Kier alpha value is -1.91. The first-order chi connectivity index (χ1) is 12.6. The number of nitrogens with zero attached hydrogens (tertiary/aromatic N) is 1. The van der Waals surface area contributed by atoms with E-state index in [4.69, 9.17) is 4.74 Å². The number of methoxy groups -OCH3 is 1. The Morgan fingerprint density at radius 2 is 2.00 bits per heavy atom. The molecule has 0 amide bonds. The molecule has 0 spiro atoms. The van der Waals surface area contributed by atoms with Gasteiger partial charge in [-0.1, -0.05) is 30.3 Å². The van der Waals surface area contributed by atoms with Crippen LogP contribution in [0.2, 0.25) is 0 Å². The van der Waals surface area contributed by atoms with E-state index in [0.717, 1.165) is 25.7 Å². The fourth-order valence-electron chi connectivity index (χ4n) is 5.07. The van der Waals surface area contributed by atoms with Crippen LogP contribution in [0.15, 0.2) is 48.5 Å². The lowest BCUT2D eigenvalue weighted by Gasteiger charge is -2.36. The topological polar surface area (TPSA) is 32.7 Å². The van der Waals surface area contributed by atoms with Gasteiger partial charge >= 0.3 is 0 Å². The van der Waals surface area contributed by atoms with Crippen molar-refractivity contribution < 1.29 is 14.2 Å². The normalized spacial score (nSPS) is 27.8. The number of rotatable bonds is 6. The Labute approximate surface area is 154 Å². The fourth-order valence-corrected chi connectivity index (χ4v) is 5.07. The molecule has 1 N–H and O–H groups in total. The molecule has 2 aromatic carbocycles. The fraction of sp³-hybridized carbons (Fsp3) is 0.455. The zero-order valence-corrected chi connectivity index (χ0v) is 15.2. The molecule has 26 heavy (non-hydrogen) atoms. The van der Waals surface area contributed by atoms with Crippen molar-refractivity contribution in [1.29, 1.82) is 0 Å². The standard InChI is InChI=1S/C22H26FNO2/c1-26-19-8-9-20(23)17(11-19)14-24-18-7-10-21(24)22(13-18,15-25)12-16-5-3-2-4-6-16/h2-6,8-9,11,18,21,25H,7,10,12-15H2,1H3/t18-,21+,22-/m0/s1. The maximum Gasteiger partial charge on any atom is 0.127 e. The lowest BCUT2D eigenvalue weighted by Crippen LogP contribution is -2.41. The van der Waals surface area contributed by atoms with Gasteiger partial charge in [-0.3, -0.25) is 4.90 Å². The summed E-state index contributed by atoms with van der Waals surface area (Å²) in [5.41, 5.74) is 1.82. The predicted octanol–water partition coefficient (Wildman–Crippen LogP) is 3.79. The third-order valence-corrected chi connectivity index (χ3v) is 6.31. The second kappa shape index (κ2) is 7.01. The van der Waals surface area contributed by atoms with Crippen molar-refractivity contribution >= 4 is 0 Å². The molecule has 2 aromatic rings. The van der Waals surface area contributed by atoms with Crippen LogP contribution in [-0.2, 0) is 13.0 Å². The number of halogens is 1. The Balaban J connectivity index is 1.58. The van der Waals surface area contributed by atoms with Crippen LogP contribution in [0.3, 0.4) is 0 Å². The maximum atomic E-state index is 14.3. The number of aliphatic hydroxyl groups excluding tert-OH is 1. The molecule has 0 radical (unpaired) electrons. The Morgan fingerprint density at radius 3 is 2.73 bits per heavy atom. The minimum absolute atomic E-state index is 0.125. The van der Waals surface area contributed by atoms with Crippen molar-refractivity contribution in [3.63, 3.8) is 0 Å². The molecule has 4 heteroatoms. The van der Waals surface area contributed by atoms with E-state index < -0.39 is 0 Å². The smallest absolute Gasteiger partial charge is 0.127 e. The van der Waals surface area contributed by atoms with Crippen molar-refractivity contribution in [2.75, 3.05) is 13.7 Å². The number of hydrogen-bond donors (Lipinski definition) is 1. The monoisotopic (exact) mass is 355 g/mol. The number of benzene rings is 2. The van der Waals surface area contributed by atoms with Gasteiger partial charge in [-0.15, -0.1) is 0 Å². The molecule has 2 fully saturated rings. The van der Waals surface area contributed by atoms with E-state index in [2.05, 4.69) is 29.2 Å². The summed E-state index contributed by atoms with van der Waals surface area (Å²) in [5, 5.41) is 10.3. The van der Waals surface area contributed by atoms with Gasteiger partial charge in [-0.05, 0) is 49.4 Å². The SMILES string of the molecule is COc1ccc(F)c(CN2[C@H]3CC[C@@H]2[C@@](CO)(Cc2ccccc2)C3)c1. The summed E-state index contributed by atoms with van der Waals surface area (Å²) >= 11 is 0. The molecule has 0 aromatic heterocycles. The summed E-state index contributed by atoms with van der Waals surface area (Å²) in [7, 11) is 1.60. The summed E-state index contributed by atoms with van der Waals surface area (Å²) in [4.78, 5) is 2.41. The van der Waals surface area contributed by atoms with Crippen LogP contribution in [0, 0.1) is 11.2 Å². The van der Waals surface area contributed by atoms with Crippen molar-refractivity contribution in [2.24, 2.45) is 5.41 Å². The number of ether oxygens (including phenoxy) is 1. The van der Waals surface area contributed by atoms with Gasteiger partial charge in [0.2, 0.25) is 0 Å². The molecule has 0 unspecified atom stereocenters. The number of aliphatic hydroxyl groups is 1. The minimum atomic E-state index is -0.185. The molecule has 3 atom stereocenters. The van der Waals surface area contributed by atoms with Crippen LogP contribution in [-0.4, -0.2) is 35.8 Å². The molecule has 4 rings (SSSR count). The van der Waals surface area contributed by atoms with Gasteiger partial charge in [0.15, 0.2) is 0 Å². The van der Waals surface area contributed by atoms with E-state index in [1.54, 1.807) is 19.2 Å². The Morgan fingerprint density at radius 1 is 1.19 bits per heavy atom. The number of fused-ring (bicyclic) bond motifs is 2. The van der Waals surface area contributed by atoms with Crippen molar-refractivity contribution in [1.82, 2.24) is 4.90 Å². The van der Waals surface area contributed by atoms with E-state index in [9.17, 15) is 9.50 Å². The summed E-state index contributed by atoms with van der Waals surface area (Å²) in [6.07, 6.45) is 4.06. The summed E-state index contributed by atoms with van der Waals surface area (Å²) in [5.74, 6) is 0.500. The first-order valence-electron chi connectivity index (χ1n) is 9.38. The van der Waals surface area contributed by atoms with E-state index in [1.807, 2.05) is 6.07 Å². The average molecular weight is 355 g/mol. The molecule has 2 aliphatic heterocycles. The van der Waals surface area contributed by atoms with Crippen LogP contribution in [0.1, 0.15) is 30.4 Å². The third kappa shape index (κ3) is 3.01. The highest BCUT2D eigenvalue weighted by molar-refractivity contribution is 5.30. The maximum absolute atomic E-state index is 14.3. The van der Waals surface area contributed by atoms with Gasteiger partial charge in [-0.25, -0.2) is 4.39 Å². The van der Waals surface area contributed by atoms with E-state index in [0.29, 0.717) is 29.9 Å². The molecule has 2 saturated heterocycles. The van der Waals surface area contributed by atoms with Gasteiger partial charge in [-0.2, -0.15) is 0 Å². The van der Waals surface area contributed by atoms with Crippen LogP contribution in [0.25, 0.3) is 0 Å². The first-order valence-corrected chi connectivity index (χ1v) is 9.38. The summed E-state index contributed by atoms with van der Waals surface area (Å²) in [6, 6.07) is 16.0. The van der Waals surface area contributed by atoms with Crippen LogP contribution < -0.4 is 4.74 Å². The lowest BCUT2D eigenvalue weighted by atomic mass is 9.70. The van der Waals surface area contributed by atoms with E-state index >= 15 is 0 Å². The Kier molecular flexibility index (Phi) is 4.72. The predicted molar refractivity (Wildman–Crippen MR) is 99.6 cm³/mol. The third-order valence-electron chi connectivity index (χ3n) is 6.31. The van der Waals surface area contributed by atoms with Crippen LogP contribution >= 0.6 is 0 Å². The quantitative estimate of drug-likeness (QED) is 0.856. The van der Waals surface area contributed by atoms with E-state index in [1.165, 1.54) is 11.6 Å². The highest BCUT2D eigenvalue weighted by Gasteiger charge is 2.55. The van der Waals surface area contributed by atoms with Crippen LogP contribution in [0.5, 0.6) is 5.75 Å². The Bertz CT molecular complexity index is 766. The van der Waals surface area contributed by atoms with E-state index in [-0.39, 0.29) is 17.8 Å². The zero-order chi connectivity index (χ0) is 18.1. The van der Waals surface area contributed by atoms with Gasteiger partial charge in [0.05, 0.1) is 13.7 Å². The van der Waals surface area contributed by atoms with Gasteiger partial charge in [0.25, 0.3) is 0 Å². The highest BCUT2D eigenvalue weighted by atomic mass is 19.1. The molecule has 2 bridgehead atoms. The summed E-state index contributed by atoms with van der Waals surface area (Å²) in [6.45, 7) is 0.759. The number of hydrogen-bond acceptors (Lipinski definition) is 3. The van der Waals surface area contributed by atoms with Crippen molar-refractivity contribution in [3.8, 4) is 5.75 Å². The molecule has 0 aliphatic carbocycles. The molecule has 2 aliphatic rings. The van der Waals surface area contributed by atoms with Gasteiger partial charge in [0, 0.05) is 29.6 Å². The second-order valence-electron chi connectivity index (χ2n) is 7.76. The molecule has 2 heterocycles. The summed E-state index contributed by atoms with van der Waals surface area (Å²) < 4.78 is 19.6. The van der Waals surface area contributed by atoms with Crippen molar-refractivity contribution in [2.45, 2.75) is 44.3 Å². The largest absolute Gasteiger partial charge is 0.497 e. The first kappa shape index (κ1) is 17.5. The zero-order valence-electron chi connectivity index (χ0n) is 15.2. The minimum Gasteiger partial charge on any atom is -0.497 e. The molecular weight excluding hydrogens is 329 g/mol. The second-order valence-corrected chi connectivity index (χ2v) is 7.76. The molecule has 3 nitrogen and oxygen atoms in total. The van der Waals surface area contributed by atoms with Gasteiger partial charge in [0.1, 0.15) is 11.6 Å². The van der Waals surface area contributed by atoms with Gasteiger partial charge < -0.3 is 9.84 Å².